The fourth-order valence-electron chi connectivity index (χ4n) is 1.93. The molecule has 0 saturated heterocycles. The standard InChI is InChI=1S/C13H10ClNO3/c1-7(16)9-4-8-5-11-12(18-3-2-17-11)6-10(8)15-13(9)14/h4-6H,2-3H2,1H3. The van der Waals surface area contributed by atoms with Crippen LogP contribution >= 0.6 is 11.6 Å². The van der Waals surface area contributed by atoms with Crippen LogP contribution < -0.4 is 9.47 Å². The van der Waals surface area contributed by atoms with Crippen LogP contribution in [0.3, 0.4) is 0 Å². The van der Waals surface area contributed by atoms with Crippen LogP contribution in [0.2, 0.25) is 5.15 Å². The number of hydrogen-bond acceptors (Lipinski definition) is 4. The zero-order valence-corrected chi connectivity index (χ0v) is 10.5. The lowest BCUT2D eigenvalue weighted by Crippen LogP contribution is -2.15. The molecule has 2 aromatic rings. The zero-order chi connectivity index (χ0) is 12.7. The second kappa shape index (κ2) is 4.14. The van der Waals surface area contributed by atoms with E-state index in [9.17, 15) is 4.79 Å². The van der Waals surface area contributed by atoms with Gasteiger partial charge in [-0.1, -0.05) is 11.6 Å². The summed E-state index contributed by atoms with van der Waals surface area (Å²) in [5.41, 5.74) is 1.11. The van der Waals surface area contributed by atoms with E-state index in [1.807, 2.05) is 6.07 Å². The van der Waals surface area contributed by atoms with E-state index in [-0.39, 0.29) is 10.9 Å². The summed E-state index contributed by atoms with van der Waals surface area (Å²) in [6, 6.07) is 5.32. The van der Waals surface area contributed by atoms with Gasteiger partial charge in [-0.05, 0) is 19.1 Å². The number of fused-ring (bicyclic) bond motifs is 2. The van der Waals surface area contributed by atoms with Gasteiger partial charge in [0.1, 0.15) is 18.4 Å². The van der Waals surface area contributed by atoms with Gasteiger partial charge in [0.15, 0.2) is 17.3 Å². The molecule has 1 aromatic carbocycles. The van der Waals surface area contributed by atoms with Crippen molar-refractivity contribution in [3.05, 3.63) is 28.9 Å². The van der Waals surface area contributed by atoms with E-state index >= 15 is 0 Å². The second-order valence-electron chi connectivity index (χ2n) is 4.07. The first-order valence-electron chi connectivity index (χ1n) is 5.56. The minimum atomic E-state index is -0.107. The van der Waals surface area contributed by atoms with Crippen LogP contribution in [0.25, 0.3) is 10.9 Å². The summed E-state index contributed by atoms with van der Waals surface area (Å²) in [5.74, 6) is 1.23. The molecular weight excluding hydrogens is 254 g/mol. The predicted molar refractivity (Wildman–Crippen MR) is 67.7 cm³/mol. The second-order valence-corrected chi connectivity index (χ2v) is 4.43. The molecule has 0 N–H and O–H groups in total. The third kappa shape index (κ3) is 1.78. The van der Waals surface area contributed by atoms with Crippen molar-refractivity contribution in [3.8, 4) is 11.5 Å². The molecule has 0 aliphatic carbocycles. The van der Waals surface area contributed by atoms with Crippen molar-refractivity contribution in [2.45, 2.75) is 6.92 Å². The van der Waals surface area contributed by atoms with E-state index in [1.165, 1.54) is 6.92 Å². The summed E-state index contributed by atoms with van der Waals surface area (Å²) in [4.78, 5) is 15.6. The Morgan fingerprint density at radius 3 is 2.56 bits per heavy atom. The van der Waals surface area contributed by atoms with Gasteiger partial charge >= 0.3 is 0 Å². The summed E-state index contributed by atoms with van der Waals surface area (Å²) in [7, 11) is 0. The van der Waals surface area contributed by atoms with Gasteiger partial charge in [-0.2, -0.15) is 0 Å². The van der Waals surface area contributed by atoms with Gasteiger partial charge in [0.2, 0.25) is 0 Å². The average molecular weight is 264 g/mol. The highest BCUT2D eigenvalue weighted by molar-refractivity contribution is 6.33. The first-order chi connectivity index (χ1) is 8.65. The van der Waals surface area contributed by atoms with E-state index in [2.05, 4.69) is 4.98 Å². The molecule has 1 aliphatic rings. The number of pyridine rings is 1. The fourth-order valence-corrected chi connectivity index (χ4v) is 2.21. The largest absolute Gasteiger partial charge is 0.486 e. The van der Waals surface area contributed by atoms with Crippen LogP contribution in [0, 0.1) is 0 Å². The minimum absolute atomic E-state index is 0.107. The quantitative estimate of drug-likeness (QED) is 0.586. The highest BCUT2D eigenvalue weighted by Gasteiger charge is 2.15. The van der Waals surface area contributed by atoms with E-state index in [0.717, 1.165) is 5.39 Å². The third-order valence-electron chi connectivity index (χ3n) is 2.81. The molecule has 4 nitrogen and oxygen atoms in total. The predicted octanol–water partition coefficient (Wildman–Crippen LogP) is 2.86. The molecule has 2 heterocycles. The molecule has 92 valence electrons. The molecule has 0 radical (unpaired) electrons. The number of rotatable bonds is 1. The lowest BCUT2D eigenvalue weighted by Gasteiger charge is -2.18. The van der Waals surface area contributed by atoms with Crippen molar-refractivity contribution in [1.82, 2.24) is 4.98 Å². The topological polar surface area (TPSA) is 48.4 Å². The maximum absolute atomic E-state index is 11.4. The van der Waals surface area contributed by atoms with Crippen LogP contribution in [0.5, 0.6) is 11.5 Å². The Kier molecular flexibility index (Phi) is 2.59. The Morgan fingerprint density at radius 1 is 1.22 bits per heavy atom. The molecule has 0 amide bonds. The summed E-state index contributed by atoms with van der Waals surface area (Å²) in [6.07, 6.45) is 0. The number of carbonyl (C=O) groups is 1. The Labute approximate surface area is 108 Å². The number of ether oxygens (including phenoxy) is 2. The normalized spacial score (nSPS) is 13.7. The van der Waals surface area contributed by atoms with Crippen molar-refractivity contribution < 1.29 is 14.3 Å². The van der Waals surface area contributed by atoms with Crippen molar-refractivity contribution in [3.63, 3.8) is 0 Å². The van der Waals surface area contributed by atoms with E-state index < -0.39 is 0 Å². The van der Waals surface area contributed by atoms with Crippen molar-refractivity contribution in [2.75, 3.05) is 13.2 Å². The zero-order valence-electron chi connectivity index (χ0n) is 9.70. The Balaban J connectivity index is 2.25. The lowest BCUT2D eigenvalue weighted by molar-refractivity contribution is 0.101. The summed E-state index contributed by atoms with van der Waals surface area (Å²) >= 11 is 5.98. The number of halogens is 1. The summed E-state index contributed by atoms with van der Waals surface area (Å²) in [6.45, 7) is 2.52. The lowest BCUT2D eigenvalue weighted by atomic mass is 10.1. The van der Waals surface area contributed by atoms with Crippen LogP contribution in [0.15, 0.2) is 18.2 Å². The van der Waals surface area contributed by atoms with Crippen molar-refractivity contribution >= 4 is 28.3 Å². The Hall–Kier alpha value is -1.81. The number of aromatic nitrogens is 1. The number of Topliss-reactive ketones (excluding diaryl/α,β-unsaturated/α-hetero) is 1. The van der Waals surface area contributed by atoms with Crippen molar-refractivity contribution in [2.24, 2.45) is 0 Å². The number of nitrogens with zero attached hydrogens (tertiary/aromatic N) is 1. The molecule has 3 rings (SSSR count). The minimum Gasteiger partial charge on any atom is -0.486 e. The van der Waals surface area contributed by atoms with Gasteiger partial charge in [0.25, 0.3) is 0 Å². The average Bonchev–Trinajstić information content (AvgIpc) is 2.35. The molecule has 5 heteroatoms. The molecule has 0 atom stereocenters. The molecule has 0 fully saturated rings. The molecule has 1 aromatic heterocycles. The summed E-state index contributed by atoms with van der Waals surface area (Å²) < 4.78 is 11.0. The molecule has 0 bridgehead atoms. The third-order valence-corrected chi connectivity index (χ3v) is 3.10. The fraction of sp³-hybridized carbons (Fsp3) is 0.231. The highest BCUT2D eigenvalue weighted by atomic mass is 35.5. The Bertz CT molecular complexity index is 654. The van der Waals surface area contributed by atoms with Gasteiger partial charge in [-0.3, -0.25) is 4.79 Å². The number of hydrogen-bond donors (Lipinski definition) is 0. The molecular formula is C13H10ClNO3. The molecule has 18 heavy (non-hydrogen) atoms. The number of ketones is 1. The Morgan fingerprint density at radius 2 is 1.89 bits per heavy atom. The van der Waals surface area contributed by atoms with Gasteiger partial charge < -0.3 is 9.47 Å². The highest BCUT2D eigenvalue weighted by Crippen LogP contribution is 2.35. The van der Waals surface area contributed by atoms with Gasteiger partial charge in [-0.25, -0.2) is 4.98 Å². The van der Waals surface area contributed by atoms with E-state index in [0.29, 0.717) is 35.8 Å². The monoisotopic (exact) mass is 263 g/mol. The molecule has 0 spiro atoms. The maximum Gasteiger partial charge on any atom is 0.163 e. The first-order valence-corrected chi connectivity index (χ1v) is 5.94. The molecule has 0 unspecified atom stereocenters. The van der Waals surface area contributed by atoms with E-state index in [1.54, 1.807) is 12.1 Å². The van der Waals surface area contributed by atoms with E-state index in [4.69, 9.17) is 21.1 Å². The maximum atomic E-state index is 11.4. The molecule has 0 saturated carbocycles. The van der Waals surface area contributed by atoms with Gasteiger partial charge in [0.05, 0.1) is 11.1 Å². The smallest absolute Gasteiger partial charge is 0.163 e. The van der Waals surface area contributed by atoms with Gasteiger partial charge in [0, 0.05) is 11.5 Å². The SMILES string of the molecule is CC(=O)c1cc2cc3c(cc2nc1Cl)OCCO3. The first kappa shape index (κ1) is 11.3. The van der Waals surface area contributed by atoms with Crippen LogP contribution in [-0.2, 0) is 0 Å². The van der Waals surface area contributed by atoms with Gasteiger partial charge in [-0.15, -0.1) is 0 Å². The number of carbonyl (C=O) groups excluding carboxylic acids is 1. The number of benzene rings is 1. The van der Waals surface area contributed by atoms with Crippen LogP contribution in [0.4, 0.5) is 0 Å². The molecule has 1 aliphatic heterocycles. The summed E-state index contributed by atoms with van der Waals surface area (Å²) in [5, 5.41) is 1.03. The van der Waals surface area contributed by atoms with Crippen LogP contribution in [-0.4, -0.2) is 24.0 Å². The van der Waals surface area contributed by atoms with Crippen molar-refractivity contribution in [1.29, 1.82) is 0 Å². The van der Waals surface area contributed by atoms with Crippen LogP contribution in [0.1, 0.15) is 17.3 Å².